The van der Waals surface area contributed by atoms with E-state index in [9.17, 15) is 4.79 Å². The molecule has 1 aromatic rings. The van der Waals surface area contributed by atoms with Crippen molar-refractivity contribution >= 4 is 5.91 Å². The van der Waals surface area contributed by atoms with Gasteiger partial charge in [0.05, 0.1) is 12.1 Å². The highest BCUT2D eigenvalue weighted by Crippen LogP contribution is 1.95. The summed E-state index contributed by atoms with van der Waals surface area (Å²) in [6.07, 6.45) is 0.939. The van der Waals surface area contributed by atoms with E-state index in [1.807, 2.05) is 0 Å². The fraction of sp³-hybridized carbons (Fsp3) is 0.500. The molecule has 0 aliphatic carbocycles. The topological polar surface area (TPSA) is 78.0 Å². The number of aromatic amines is 1. The highest BCUT2D eigenvalue weighted by atomic mass is 16.3. The van der Waals surface area contributed by atoms with Gasteiger partial charge in [-0.05, 0) is 19.9 Å². The van der Waals surface area contributed by atoms with Crippen LogP contribution in [0.5, 0.6) is 0 Å². The van der Waals surface area contributed by atoms with Gasteiger partial charge in [0, 0.05) is 6.20 Å². The molecule has 2 unspecified atom stereocenters. The zero-order valence-corrected chi connectivity index (χ0v) is 7.61. The molecule has 0 saturated carbocycles. The van der Waals surface area contributed by atoms with Gasteiger partial charge < -0.3 is 10.4 Å². The first-order valence-corrected chi connectivity index (χ1v) is 4.09. The number of amides is 1. The molecule has 0 aliphatic rings. The maximum Gasteiger partial charge on any atom is 0.269 e. The van der Waals surface area contributed by atoms with Gasteiger partial charge in [-0.2, -0.15) is 5.10 Å². The van der Waals surface area contributed by atoms with Crippen molar-refractivity contribution in [3.63, 3.8) is 0 Å². The summed E-state index contributed by atoms with van der Waals surface area (Å²) in [4.78, 5) is 11.3. The lowest BCUT2D eigenvalue weighted by Crippen LogP contribution is -2.39. The fourth-order valence-electron chi connectivity index (χ4n) is 0.787. The maximum atomic E-state index is 11.3. The lowest BCUT2D eigenvalue weighted by atomic mass is 10.2. The number of hydrogen-bond acceptors (Lipinski definition) is 3. The van der Waals surface area contributed by atoms with Gasteiger partial charge in [-0.15, -0.1) is 0 Å². The summed E-state index contributed by atoms with van der Waals surface area (Å²) in [6.45, 7) is 3.36. The third-order valence-electron chi connectivity index (χ3n) is 1.83. The van der Waals surface area contributed by atoms with E-state index in [2.05, 4.69) is 15.5 Å². The van der Waals surface area contributed by atoms with Gasteiger partial charge in [-0.3, -0.25) is 9.89 Å². The first kappa shape index (κ1) is 9.73. The number of aliphatic hydroxyl groups excluding tert-OH is 1. The summed E-state index contributed by atoms with van der Waals surface area (Å²) < 4.78 is 0. The number of hydrogen-bond donors (Lipinski definition) is 3. The average Bonchev–Trinajstić information content (AvgIpc) is 2.55. The molecule has 0 aliphatic heterocycles. The van der Waals surface area contributed by atoms with Gasteiger partial charge in [0.25, 0.3) is 5.91 Å². The monoisotopic (exact) mass is 183 g/mol. The Balaban J connectivity index is 2.52. The Hall–Kier alpha value is -1.36. The van der Waals surface area contributed by atoms with Crippen molar-refractivity contribution in [2.24, 2.45) is 0 Å². The molecule has 2 atom stereocenters. The first-order chi connectivity index (χ1) is 6.11. The van der Waals surface area contributed by atoms with Crippen LogP contribution in [0.3, 0.4) is 0 Å². The van der Waals surface area contributed by atoms with Gasteiger partial charge in [0.15, 0.2) is 0 Å². The van der Waals surface area contributed by atoms with E-state index in [-0.39, 0.29) is 11.9 Å². The molecule has 5 heteroatoms. The highest BCUT2D eigenvalue weighted by molar-refractivity contribution is 5.92. The molecular formula is C8H13N3O2. The molecule has 0 fully saturated rings. The molecule has 72 valence electrons. The van der Waals surface area contributed by atoms with Crippen molar-refractivity contribution in [1.82, 2.24) is 15.5 Å². The summed E-state index contributed by atoms with van der Waals surface area (Å²) in [6, 6.07) is 1.31. The molecule has 0 spiro atoms. The second-order valence-corrected chi connectivity index (χ2v) is 2.97. The van der Waals surface area contributed by atoms with Crippen LogP contribution in [0.15, 0.2) is 12.3 Å². The van der Waals surface area contributed by atoms with E-state index in [4.69, 9.17) is 5.11 Å². The minimum atomic E-state index is -0.563. The van der Waals surface area contributed by atoms with Crippen LogP contribution in [0.1, 0.15) is 24.3 Å². The normalized spacial score (nSPS) is 15.0. The molecule has 0 bridgehead atoms. The van der Waals surface area contributed by atoms with E-state index in [0.717, 1.165) is 0 Å². The zero-order chi connectivity index (χ0) is 9.84. The zero-order valence-electron chi connectivity index (χ0n) is 7.61. The molecule has 13 heavy (non-hydrogen) atoms. The maximum absolute atomic E-state index is 11.3. The van der Waals surface area contributed by atoms with Gasteiger partial charge in [0.1, 0.15) is 5.69 Å². The Morgan fingerprint density at radius 1 is 1.69 bits per heavy atom. The smallest absolute Gasteiger partial charge is 0.269 e. The Morgan fingerprint density at radius 3 is 2.85 bits per heavy atom. The molecule has 5 nitrogen and oxygen atoms in total. The number of nitrogens with zero attached hydrogens (tertiary/aromatic N) is 1. The predicted octanol–water partition coefficient (Wildman–Crippen LogP) is -0.0912. The van der Waals surface area contributed by atoms with Gasteiger partial charge >= 0.3 is 0 Å². The van der Waals surface area contributed by atoms with E-state index in [1.54, 1.807) is 19.9 Å². The molecule has 0 radical (unpaired) electrons. The minimum absolute atomic E-state index is 0.258. The van der Waals surface area contributed by atoms with Crippen LogP contribution < -0.4 is 5.32 Å². The molecule has 1 amide bonds. The van der Waals surface area contributed by atoms with Crippen molar-refractivity contribution in [3.8, 4) is 0 Å². The van der Waals surface area contributed by atoms with Crippen molar-refractivity contribution < 1.29 is 9.90 Å². The molecule has 1 heterocycles. The molecule has 0 saturated heterocycles. The molecule has 3 N–H and O–H groups in total. The lowest BCUT2D eigenvalue weighted by Gasteiger charge is -2.15. The fourth-order valence-corrected chi connectivity index (χ4v) is 0.787. The van der Waals surface area contributed by atoms with Crippen LogP contribution in [-0.2, 0) is 0 Å². The number of nitrogens with one attached hydrogen (secondary N) is 2. The lowest BCUT2D eigenvalue weighted by molar-refractivity contribution is 0.0869. The van der Waals surface area contributed by atoms with Crippen molar-refractivity contribution in [1.29, 1.82) is 0 Å². The van der Waals surface area contributed by atoms with Crippen molar-refractivity contribution in [2.45, 2.75) is 26.0 Å². The molecular weight excluding hydrogens is 170 g/mol. The van der Waals surface area contributed by atoms with Crippen LogP contribution in [0.25, 0.3) is 0 Å². The Labute approximate surface area is 76.2 Å². The Morgan fingerprint density at radius 2 is 2.38 bits per heavy atom. The third-order valence-corrected chi connectivity index (χ3v) is 1.83. The van der Waals surface area contributed by atoms with Crippen LogP contribution in [-0.4, -0.2) is 33.4 Å². The number of carbonyl (C=O) groups excluding carboxylic acids is 1. The summed E-state index contributed by atoms with van der Waals surface area (Å²) in [5.41, 5.74) is 0.396. The van der Waals surface area contributed by atoms with Gasteiger partial charge in [0.2, 0.25) is 0 Å². The summed E-state index contributed by atoms with van der Waals surface area (Å²) in [7, 11) is 0. The number of carbonyl (C=O) groups is 1. The van der Waals surface area contributed by atoms with E-state index in [1.165, 1.54) is 6.20 Å². The standard InChI is InChI=1S/C8H13N3O2/c1-5(6(2)12)10-8(13)7-3-4-9-11-7/h3-6,12H,1-2H3,(H,9,11)(H,10,13). The largest absolute Gasteiger partial charge is 0.391 e. The van der Waals surface area contributed by atoms with E-state index < -0.39 is 6.10 Å². The molecule has 1 rings (SSSR count). The van der Waals surface area contributed by atoms with E-state index >= 15 is 0 Å². The Kier molecular flexibility index (Phi) is 3.02. The average molecular weight is 183 g/mol. The molecule has 1 aromatic heterocycles. The number of rotatable bonds is 3. The number of aromatic nitrogens is 2. The third kappa shape index (κ3) is 2.55. The second-order valence-electron chi connectivity index (χ2n) is 2.97. The van der Waals surface area contributed by atoms with Crippen LogP contribution in [0, 0.1) is 0 Å². The Bertz CT molecular complexity index is 269. The van der Waals surface area contributed by atoms with Crippen LogP contribution in [0.2, 0.25) is 0 Å². The van der Waals surface area contributed by atoms with Gasteiger partial charge in [-0.1, -0.05) is 0 Å². The van der Waals surface area contributed by atoms with E-state index in [0.29, 0.717) is 5.69 Å². The number of aliphatic hydroxyl groups is 1. The van der Waals surface area contributed by atoms with Crippen molar-refractivity contribution in [2.75, 3.05) is 0 Å². The summed E-state index contributed by atoms with van der Waals surface area (Å²) >= 11 is 0. The van der Waals surface area contributed by atoms with Gasteiger partial charge in [-0.25, -0.2) is 0 Å². The number of H-pyrrole nitrogens is 1. The summed E-state index contributed by atoms with van der Waals surface area (Å²) in [5, 5.41) is 17.9. The minimum Gasteiger partial charge on any atom is -0.391 e. The second kappa shape index (κ2) is 4.04. The van der Waals surface area contributed by atoms with Crippen LogP contribution in [0.4, 0.5) is 0 Å². The van der Waals surface area contributed by atoms with Crippen molar-refractivity contribution in [3.05, 3.63) is 18.0 Å². The highest BCUT2D eigenvalue weighted by Gasteiger charge is 2.13. The van der Waals surface area contributed by atoms with Crippen LogP contribution >= 0.6 is 0 Å². The predicted molar refractivity (Wildman–Crippen MR) is 47.2 cm³/mol. The first-order valence-electron chi connectivity index (χ1n) is 4.09. The SMILES string of the molecule is CC(O)C(C)NC(=O)c1ccn[nH]1. The summed E-state index contributed by atoms with van der Waals surface area (Å²) in [5.74, 6) is -0.258. The molecule has 0 aromatic carbocycles. The quantitative estimate of drug-likeness (QED) is 0.612.